The molecule has 0 spiro atoms. The lowest BCUT2D eigenvalue weighted by Gasteiger charge is -2.26. The van der Waals surface area contributed by atoms with E-state index in [4.69, 9.17) is 9.47 Å². The van der Waals surface area contributed by atoms with Crippen molar-refractivity contribution >= 4 is 0 Å². The molecule has 0 radical (unpaired) electrons. The summed E-state index contributed by atoms with van der Waals surface area (Å²) < 4.78 is 13.6. The SMILES string of the molecule is CCCn1ncc(CN(Cc2ccccc2OC)CC2CCCO2)c1C. The molecule has 5 nitrogen and oxygen atoms in total. The third-order valence-electron chi connectivity index (χ3n) is 5.11. The molecule has 0 aliphatic carbocycles. The van der Waals surface area contributed by atoms with E-state index in [1.807, 2.05) is 18.3 Å². The van der Waals surface area contributed by atoms with Gasteiger partial charge in [-0.05, 0) is 32.3 Å². The lowest BCUT2D eigenvalue weighted by Crippen LogP contribution is -2.31. The summed E-state index contributed by atoms with van der Waals surface area (Å²) in [6.07, 6.45) is 5.77. The molecule has 1 fully saturated rings. The molecule has 2 heterocycles. The summed E-state index contributed by atoms with van der Waals surface area (Å²) in [5.74, 6) is 0.947. The number of hydrogen-bond acceptors (Lipinski definition) is 4. The number of rotatable bonds is 9. The monoisotopic (exact) mass is 357 g/mol. The van der Waals surface area contributed by atoms with Crippen molar-refractivity contribution in [3.05, 3.63) is 47.3 Å². The maximum absolute atomic E-state index is 5.90. The Bertz CT molecular complexity index is 692. The molecule has 1 saturated heterocycles. The van der Waals surface area contributed by atoms with Gasteiger partial charge in [0.15, 0.2) is 0 Å². The van der Waals surface area contributed by atoms with E-state index >= 15 is 0 Å². The summed E-state index contributed by atoms with van der Waals surface area (Å²) in [5, 5.41) is 4.57. The number of hydrogen-bond donors (Lipinski definition) is 0. The first-order chi connectivity index (χ1) is 12.7. The number of aromatic nitrogens is 2. The zero-order valence-electron chi connectivity index (χ0n) is 16.3. The first-order valence-corrected chi connectivity index (χ1v) is 9.68. The van der Waals surface area contributed by atoms with Crippen molar-refractivity contribution in [1.82, 2.24) is 14.7 Å². The van der Waals surface area contributed by atoms with Crippen molar-refractivity contribution in [2.24, 2.45) is 0 Å². The number of methoxy groups -OCH3 is 1. The number of nitrogens with zero attached hydrogens (tertiary/aromatic N) is 3. The standard InChI is InChI=1S/C21H31N3O2/c1-4-11-24-17(2)19(13-22-24)15-23(16-20-9-7-12-26-20)14-18-8-5-6-10-21(18)25-3/h5-6,8,10,13,20H,4,7,9,11-12,14-16H2,1-3H3. The second-order valence-corrected chi connectivity index (χ2v) is 7.09. The van der Waals surface area contributed by atoms with Crippen molar-refractivity contribution in [2.75, 3.05) is 20.3 Å². The van der Waals surface area contributed by atoms with Crippen LogP contribution in [0.15, 0.2) is 30.5 Å². The van der Waals surface area contributed by atoms with Gasteiger partial charge >= 0.3 is 0 Å². The van der Waals surface area contributed by atoms with Crippen molar-refractivity contribution in [1.29, 1.82) is 0 Å². The van der Waals surface area contributed by atoms with Crippen LogP contribution in [0.4, 0.5) is 0 Å². The molecule has 0 N–H and O–H groups in total. The first kappa shape index (κ1) is 18.9. The van der Waals surface area contributed by atoms with Crippen LogP contribution in [0.2, 0.25) is 0 Å². The predicted octanol–water partition coefficient (Wildman–Crippen LogP) is 3.79. The average Bonchev–Trinajstić information content (AvgIpc) is 3.27. The highest BCUT2D eigenvalue weighted by Gasteiger charge is 2.21. The van der Waals surface area contributed by atoms with Gasteiger partial charge in [0.05, 0.1) is 19.4 Å². The van der Waals surface area contributed by atoms with Crippen molar-refractivity contribution < 1.29 is 9.47 Å². The van der Waals surface area contributed by atoms with Gasteiger partial charge in [0.25, 0.3) is 0 Å². The Balaban J connectivity index is 1.76. The van der Waals surface area contributed by atoms with Crippen LogP contribution in [0.25, 0.3) is 0 Å². The summed E-state index contributed by atoms with van der Waals surface area (Å²) in [7, 11) is 1.74. The molecule has 2 aromatic rings. The molecule has 1 aliphatic rings. The van der Waals surface area contributed by atoms with Gasteiger partial charge in [0.1, 0.15) is 5.75 Å². The Morgan fingerprint density at radius 3 is 2.81 bits per heavy atom. The zero-order valence-corrected chi connectivity index (χ0v) is 16.3. The van der Waals surface area contributed by atoms with E-state index in [9.17, 15) is 0 Å². The van der Waals surface area contributed by atoms with E-state index in [0.29, 0.717) is 6.10 Å². The number of para-hydroxylation sites is 1. The predicted molar refractivity (Wildman–Crippen MR) is 103 cm³/mol. The molecular weight excluding hydrogens is 326 g/mol. The highest BCUT2D eigenvalue weighted by molar-refractivity contribution is 5.33. The second-order valence-electron chi connectivity index (χ2n) is 7.09. The Morgan fingerprint density at radius 2 is 2.08 bits per heavy atom. The Hall–Kier alpha value is -1.85. The summed E-state index contributed by atoms with van der Waals surface area (Å²) in [4.78, 5) is 2.47. The van der Waals surface area contributed by atoms with E-state index in [-0.39, 0.29) is 0 Å². The molecule has 3 rings (SSSR count). The normalized spacial score (nSPS) is 17.2. The van der Waals surface area contributed by atoms with Crippen LogP contribution in [-0.2, 0) is 24.4 Å². The van der Waals surface area contributed by atoms with Gasteiger partial charge in [-0.3, -0.25) is 9.58 Å². The van der Waals surface area contributed by atoms with Gasteiger partial charge in [0.2, 0.25) is 0 Å². The molecule has 0 saturated carbocycles. The fraction of sp³-hybridized carbons (Fsp3) is 0.571. The van der Waals surface area contributed by atoms with Crippen LogP contribution in [0.5, 0.6) is 5.75 Å². The van der Waals surface area contributed by atoms with E-state index in [2.05, 4.69) is 40.7 Å². The smallest absolute Gasteiger partial charge is 0.123 e. The Kier molecular flexibility index (Phi) is 6.69. The highest BCUT2D eigenvalue weighted by atomic mass is 16.5. The molecule has 5 heteroatoms. The van der Waals surface area contributed by atoms with Crippen LogP contribution in [-0.4, -0.2) is 41.0 Å². The van der Waals surface area contributed by atoms with Crippen LogP contribution < -0.4 is 4.74 Å². The minimum Gasteiger partial charge on any atom is -0.496 e. The molecule has 0 amide bonds. The molecule has 1 atom stereocenters. The molecule has 142 valence electrons. The van der Waals surface area contributed by atoms with Gasteiger partial charge in [-0.1, -0.05) is 25.1 Å². The number of aryl methyl sites for hydroxylation is 1. The zero-order chi connectivity index (χ0) is 18.4. The largest absolute Gasteiger partial charge is 0.496 e. The van der Waals surface area contributed by atoms with Gasteiger partial charge in [0, 0.05) is 49.6 Å². The summed E-state index contributed by atoms with van der Waals surface area (Å²) in [6, 6.07) is 8.27. The van der Waals surface area contributed by atoms with E-state index in [0.717, 1.165) is 51.4 Å². The molecular formula is C21H31N3O2. The molecule has 1 aromatic heterocycles. The second kappa shape index (κ2) is 9.19. The molecule has 1 aromatic carbocycles. The first-order valence-electron chi connectivity index (χ1n) is 9.68. The van der Waals surface area contributed by atoms with Crippen molar-refractivity contribution in [3.63, 3.8) is 0 Å². The van der Waals surface area contributed by atoms with Crippen LogP contribution in [0.1, 0.15) is 43.0 Å². The molecule has 26 heavy (non-hydrogen) atoms. The fourth-order valence-corrected chi connectivity index (χ4v) is 3.65. The van der Waals surface area contributed by atoms with E-state index in [1.54, 1.807) is 7.11 Å². The maximum atomic E-state index is 5.90. The molecule has 0 bridgehead atoms. The molecule has 1 aliphatic heterocycles. The van der Waals surface area contributed by atoms with Gasteiger partial charge in [-0.15, -0.1) is 0 Å². The van der Waals surface area contributed by atoms with Crippen LogP contribution in [0.3, 0.4) is 0 Å². The third kappa shape index (κ3) is 4.65. The topological polar surface area (TPSA) is 39.5 Å². The van der Waals surface area contributed by atoms with Gasteiger partial charge in [-0.2, -0.15) is 5.10 Å². The summed E-state index contributed by atoms with van der Waals surface area (Å²) in [5.41, 5.74) is 3.78. The van der Waals surface area contributed by atoms with E-state index in [1.165, 1.54) is 23.2 Å². The summed E-state index contributed by atoms with van der Waals surface area (Å²) in [6.45, 7) is 8.90. The fourth-order valence-electron chi connectivity index (χ4n) is 3.65. The van der Waals surface area contributed by atoms with Crippen molar-refractivity contribution in [3.8, 4) is 5.75 Å². The van der Waals surface area contributed by atoms with Crippen LogP contribution in [0, 0.1) is 6.92 Å². The third-order valence-corrected chi connectivity index (χ3v) is 5.11. The van der Waals surface area contributed by atoms with Crippen LogP contribution >= 0.6 is 0 Å². The highest BCUT2D eigenvalue weighted by Crippen LogP contribution is 2.23. The Labute approximate surface area is 156 Å². The average molecular weight is 357 g/mol. The van der Waals surface area contributed by atoms with Gasteiger partial charge < -0.3 is 9.47 Å². The lowest BCUT2D eigenvalue weighted by atomic mass is 10.1. The minimum atomic E-state index is 0.329. The summed E-state index contributed by atoms with van der Waals surface area (Å²) >= 11 is 0. The Morgan fingerprint density at radius 1 is 1.27 bits per heavy atom. The number of benzene rings is 1. The number of ether oxygens (including phenoxy) is 2. The maximum Gasteiger partial charge on any atom is 0.123 e. The minimum absolute atomic E-state index is 0.329. The molecule has 1 unspecified atom stereocenters. The van der Waals surface area contributed by atoms with E-state index < -0.39 is 0 Å². The van der Waals surface area contributed by atoms with Gasteiger partial charge in [-0.25, -0.2) is 0 Å². The van der Waals surface area contributed by atoms with Crippen molar-refractivity contribution in [2.45, 2.75) is 58.8 Å². The lowest BCUT2D eigenvalue weighted by molar-refractivity contribution is 0.0675. The quantitative estimate of drug-likeness (QED) is 0.684.